The molecule has 5 heteroatoms. The van der Waals surface area contributed by atoms with Crippen LogP contribution in [-0.4, -0.2) is 10.6 Å². The van der Waals surface area contributed by atoms with Gasteiger partial charge in [-0.15, -0.1) is 0 Å². The van der Waals surface area contributed by atoms with Crippen molar-refractivity contribution >= 4 is 22.5 Å². The highest BCUT2D eigenvalue weighted by Gasteiger charge is 2.18. The number of fused-ring (bicyclic) bond motifs is 3. The molecule has 1 heterocycles. The van der Waals surface area contributed by atoms with E-state index < -0.39 is 6.03 Å². The van der Waals surface area contributed by atoms with Gasteiger partial charge < -0.3 is 21.0 Å². The summed E-state index contributed by atoms with van der Waals surface area (Å²) in [5.41, 5.74) is 10.2. The fourth-order valence-corrected chi connectivity index (χ4v) is 3.68. The largest absolute Gasteiger partial charge is 0.351 e. The number of nitrogens with zero attached hydrogens (tertiary/aromatic N) is 1. The molecule has 0 saturated carbocycles. The monoisotopic (exact) mass is 356 g/mol. The number of carbonyl (C=O) groups is 1. The summed E-state index contributed by atoms with van der Waals surface area (Å²) in [6, 6.07) is 21.1. The van der Waals surface area contributed by atoms with Crippen LogP contribution in [0.2, 0.25) is 0 Å². The number of hydrogen-bond acceptors (Lipinski definition) is 2. The van der Waals surface area contributed by atoms with Crippen LogP contribution in [-0.2, 0) is 6.54 Å². The first-order valence-electron chi connectivity index (χ1n) is 8.85. The Bertz CT molecular complexity index is 1180. The molecule has 0 atom stereocenters. The number of hydrogen-bond donors (Lipinski definition) is 3. The smallest absolute Gasteiger partial charge is 0.316 e. The summed E-state index contributed by atoms with van der Waals surface area (Å²) in [7, 11) is 0. The van der Waals surface area contributed by atoms with E-state index in [0.29, 0.717) is 11.0 Å². The molecule has 0 saturated heterocycles. The fraction of sp³-hybridized carbons (Fsp3) is 0.0909. The summed E-state index contributed by atoms with van der Waals surface area (Å²) in [6.07, 6.45) is 0. The first-order valence-corrected chi connectivity index (χ1v) is 8.85. The molecule has 1 aliphatic heterocycles. The van der Waals surface area contributed by atoms with Crippen LogP contribution in [0.15, 0.2) is 66.7 Å². The van der Waals surface area contributed by atoms with E-state index in [9.17, 15) is 4.79 Å². The van der Waals surface area contributed by atoms with E-state index in [2.05, 4.69) is 28.9 Å². The predicted molar refractivity (Wildman–Crippen MR) is 109 cm³/mol. The second kappa shape index (κ2) is 6.61. The SMILES string of the molecule is CCn1c2cc(=N)ccc-2c2ccc(NC(N)=O)cc2c1-c1ccccc1. The molecule has 2 aromatic carbocycles. The Kier molecular flexibility index (Phi) is 4.12. The Balaban J connectivity index is 2.18. The second-order valence-electron chi connectivity index (χ2n) is 6.44. The van der Waals surface area contributed by atoms with Crippen molar-refractivity contribution in [2.45, 2.75) is 13.5 Å². The average Bonchev–Trinajstić information content (AvgIpc) is 2.66. The van der Waals surface area contributed by atoms with Gasteiger partial charge in [0.05, 0.1) is 16.7 Å². The highest BCUT2D eigenvalue weighted by atomic mass is 16.2. The lowest BCUT2D eigenvalue weighted by molar-refractivity contribution is 0.259. The first-order chi connectivity index (χ1) is 13.1. The van der Waals surface area contributed by atoms with E-state index in [1.54, 1.807) is 6.07 Å². The maximum absolute atomic E-state index is 11.3. The zero-order valence-corrected chi connectivity index (χ0v) is 15.0. The van der Waals surface area contributed by atoms with Gasteiger partial charge >= 0.3 is 6.03 Å². The molecule has 0 bridgehead atoms. The fourth-order valence-electron chi connectivity index (χ4n) is 3.68. The molecule has 0 aromatic heterocycles. The van der Waals surface area contributed by atoms with Crippen molar-refractivity contribution in [3.8, 4) is 22.5 Å². The zero-order chi connectivity index (χ0) is 19.0. The van der Waals surface area contributed by atoms with E-state index >= 15 is 0 Å². The molecule has 0 spiro atoms. The number of anilines is 1. The topological polar surface area (TPSA) is 83.9 Å². The second-order valence-corrected chi connectivity index (χ2v) is 6.44. The Morgan fingerprint density at radius 3 is 2.52 bits per heavy atom. The van der Waals surface area contributed by atoms with Gasteiger partial charge in [0.15, 0.2) is 0 Å². The Hall–Kier alpha value is -3.60. The van der Waals surface area contributed by atoms with Crippen molar-refractivity contribution in [3.05, 3.63) is 72.1 Å². The van der Waals surface area contributed by atoms with E-state index in [1.165, 1.54) is 0 Å². The first kappa shape index (κ1) is 16.8. The summed E-state index contributed by atoms with van der Waals surface area (Å²) < 4.78 is 2.22. The number of carbonyl (C=O) groups excluding carboxylic acids is 1. The molecule has 0 radical (unpaired) electrons. The molecule has 1 aliphatic carbocycles. The molecule has 2 aliphatic rings. The van der Waals surface area contributed by atoms with E-state index in [0.717, 1.165) is 39.8 Å². The number of pyridine rings is 1. The van der Waals surface area contributed by atoms with Crippen LogP contribution in [0, 0.1) is 5.41 Å². The third-order valence-corrected chi connectivity index (χ3v) is 4.75. The molecule has 27 heavy (non-hydrogen) atoms. The van der Waals surface area contributed by atoms with Crippen molar-refractivity contribution in [2.24, 2.45) is 5.73 Å². The summed E-state index contributed by atoms with van der Waals surface area (Å²) >= 11 is 0. The molecule has 2 amide bonds. The zero-order valence-electron chi connectivity index (χ0n) is 15.0. The van der Waals surface area contributed by atoms with E-state index in [1.807, 2.05) is 48.5 Å². The highest BCUT2D eigenvalue weighted by molar-refractivity contribution is 6.06. The van der Waals surface area contributed by atoms with Crippen LogP contribution in [0.1, 0.15) is 6.92 Å². The Morgan fingerprint density at radius 1 is 1.04 bits per heavy atom. The van der Waals surface area contributed by atoms with Gasteiger partial charge in [-0.3, -0.25) is 0 Å². The molecule has 0 unspecified atom stereocenters. The number of rotatable bonds is 3. The molecule has 4 rings (SSSR count). The van der Waals surface area contributed by atoms with Gasteiger partial charge in [0, 0.05) is 23.2 Å². The number of urea groups is 1. The molecule has 4 N–H and O–H groups in total. The number of amides is 2. The minimum absolute atomic E-state index is 0.482. The van der Waals surface area contributed by atoms with Crippen molar-refractivity contribution in [3.63, 3.8) is 0 Å². The third kappa shape index (κ3) is 2.93. The van der Waals surface area contributed by atoms with Crippen molar-refractivity contribution in [2.75, 3.05) is 5.32 Å². The predicted octanol–water partition coefficient (Wildman–Crippen LogP) is 4.40. The Morgan fingerprint density at radius 2 is 1.81 bits per heavy atom. The quantitative estimate of drug-likeness (QED) is 0.467. The number of primary amides is 1. The highest BCUT2D eigenvalue weighted by Crippen LogP contribution is 2.39. The number of aromatic nitrogens is 1. The molecule has 0 fully saturated rings. The van der Waals surface area contributed by atoms with Crippen molar-refractivity contribution in [1.29, 1.82) is 5.41 Å². The lowest BCUT2D eigenvalue weighted by Gasteiger charge is -2.24. The molecular formula is C22H20N4O. The molecule has 134 valence electrons. The van der Waals surface area contributed by atoms with Crippen LogP contribution in [0.25, 0.3) is 33.3 Å². The van der Waals surface area contributed by atoms with Gasteiger partial charge in [-0.05, 0) is 42.1 Å². The molecule has 2 aromatic rings. The van der Waals surface area contributed by atoms with Crippen molar-refractivity contribution in [1.82, 2.24) is 4.57 Å². The van der Waals surface area contributed by atoms with Gasteiger partial charge in [0.2, 0.25) is 0 Å². The van der Waals surface area contributed by atoms with Crippen LogP contribution >= 0.6 is 0 Å². The summed E-state index contributed by atoms with van der Waals surface area (Å²) in [5, 5.41) is 13.3. The lowest BCUT2D eigenvalue weighted by Crippen LogP contribution is -2.19. The van der Waals surface area contributed by atoms with Crippen LogP contribution in [0.5, 0.6) is 0 Å². The summed E-state index contributed by atoms with van der Waals surface area (Å²) in [4.78, 5) is 11.3. The van der Waals surface area contributed by atoms with Gasteiger partial charge in [-0.25, -0.2) is 4.79 Å². The number of nitrogens with one attached hydrogen (secondary N) is 2. The van der Waals surface area contributed by atoms with Crippen LogP contribution in [0.3, 0.4) is 0 Å². The third-order valence-electron chi connectivity index (χ3n) is 4.75. The van der Waals surface area contributed by atoms with Gasteiger partial charge in [0.25, 0.3) is 0 Å². The van der Waals surface area contributed by atoms with Crippen molar-refractivity contribution < 1.29 is 4.79 Å². The molecular weight excluding hydrogens is 336 g/mol. The van der Waals surface area contributed by atoms with Gasteiger partial charge in [0.1, 0.15) is 0 Å². The minimum Gasteiger partial charge on any atom is -0.351 e. The number of benzene rings is 3. The van der Waals surface area contributed by atoms with Crippen LogP contribution < -0.4 is 16.4 Å². The maximum Gasteiger partial charge on any atom is 0.316 e. The maximum atomic E-state index is 11.3. The number of nitrogens with two attached hydrogens (primary N) is 1. The summed E-state index contributed by atoms with van der Waals surface area (Å²) in [6.45, 7) is 2.85. The average molecular weight is 356 g/mol. The van der Waals surface area contributed by atoms with Crippen LogP contribution in [0.4, 0.5) is 10.5 Å². The van der Waals surface area contributed by atoms with Gasteiger partial charge in [-0.2, -0.15) is 0 Å². The lowest BCUT2D eigenvalue weighted by atomic mass is 9.95. The standard InChI is InChI=1S/C22H20N4O/c1-2-26-20-12-15(23)8-10-18(20)17-11-9-16(25-22(24)27)13-19(17)21(26)14-6-4-3-5-7-14/h3-13,23H,2H2,1H3,(H3,24,25,27). The molecule has 5 nitrogen and oxygen atoms in total. The van der Waals surface area contributed by atoms with E-state index in [-0.39, 0.29) is 0 Å². The minimum atomic E-state index is -0.585. The normalized spacial score (nSPS) is 11.0. The van der Waals surface area contributed by atoms with Gasteiger partial charge in [-0.1, -0.05) is 42.5 Å². The Labute approximate surface area is 156 Å². The van der Waals surface area contributed by atoms with E-state index in [4.69, 9.17) is 11.1 Å². The summed E-state index contributed by atoms with van der Waals surface area (Å²) in [5.74, 6) is 0.